The lowest BCUT2D eigenvalue weighted by Crippen LogP contribution is -2.07. The van der Waals surface area contributed by atoms with Crippen LogP contribution in [0.25, 0.3) is 39.1 Å². The summed E-state index contributed by atoms with van der Waals surface area (Å²) in [6.07, 6.45) is 3.87. The van der Waals surface area contributed by atoms with E-state index in [-0.39, 0.29) is 5.56 Å². The first kappa shape index (κ1) is 22.2. The maximum Gasteiger partial charge on any atom is 0.344 e. The molecule has 5 rings (SSSR count). The van der Waals surface area contributed by atoms with Crippen molar-refractivity contribution in [3.05, 3.63) is 111 Å². The molecule has 0 saturated heterocycles. The van der Waals surface area contributed by atoms with Crippen LogP contribution in [0.2, 0.25) is 0 Å². The van der Waals surface area contributed by atoms with Gasteiger partial charge in [-0.2, -0.15) is 0 Å². The van der Waals surface area contributed by atoms with Crippen molar-refractivity contribution in [3.8, 4) is 22.6 Å². The number of benzene rings is 3. The van der Waals surface area contributed by atoms with Crippen LogP contribution in [0.3, 0.4) is 0 Å². The molecule has 0 aliphatic rings. The molecule has 0 radical (unpaired) electrons. The van der Waals surface area contributed by atoms with Crippen molar-refractivity contribution in [1.29, 1.82) is 0 Å². The predicted octanol–water partition coefficient (Wildman–Crippen LogP) is 6.06. The summed E-state index contributed by atoms with van der Waals surface area (Å²) in [5, 5.41) is 1.29. The van der Waals surface area contributed by atoms with Crippen LogP contribution >= 0.6 is 0 Å². The smallest absolute Gasteiger partial charge is 0.344 e. The minimum Gasteiger partial charge on any atom is -0.490 e. The second-order valence-electron chi connectivity index (χ2n) is 7.82. The van der Waals surface area contributed by atoms with E-state index in [0.29, 0.717) is 52.2 Å². The third-order valence-electron chi connectivity index (χ3n) is 5.49. The largest absolute Gasteiger partial charge is 0.490 e. The molecule has 0 aliphatic carbocycles. The fourth-order valence-corrected chi connectivity index (χ4v) is 3.92. The zero-order chi connectivity index (χ0) is 24.2. The molecule has 3 aromatic carbocycles. The standard InChI is InChI=1S/C29H22O6/c1-2-32-25-12-6-11-20-16-24(29(31)35-28(20)25)23-18-27(30)34-26-17-21(13-14-22(23)26)33-15-7-10-19-8-4-3-5-9-19/h3-14,16-18H,2,15H2,1H3/b10-7+. The van der Waals surface area contributed by atoms with E-state index in [2.05, 4.69) is 0 Å². The Morgan fingerprint density at radius 1 is 0.829 bits per heavy atom. The van der Waals surface area contributed by atoms with Gasteiger partial charge < -0.3 is 18.3 Å². The highest BCUT2D eigenvalue weighted by molar-refractivity contribution is 5.96. The number of hydrogen-bond acceptors (Lipinski definition) is 6. The van der Waals surface area contributed by atoms with Gasteiger partial charge in [-0.05, 0) is 42.8 Å². The zero-order valence-corrected chi connectivity index (χ0v) is 19.0. The molecule has 0 aliphatic heterocycles. The first-order valence-electron chi connectivity index (χ1n) is 11.2. The van der Waals surface area contributed by atoms with Crippen molar-refractivity contribution < 1.29 is 18.3 Å². The van der Waals surface area contributed by atoms with Gasteiger partial charge in [0.15, 0.2) is 11.3 Å². The van der Waals surface area contributed by atoms with Gasteiger partial charge >= 0.3 is 11.3 Å². The molecule has 0 saturated carbocycles. The summed E-state index contributed by atoms with van der Waals surface area (Å²) in [6, 6.07) is 23.5. The number of ether oxygens (including phenoxy) is 2. The van der Waals surface area contributed by atoms with Crippen molar-refractivity contribution in [2.45, 2.75) is 6.92 Å². The highest BCUT2D eigenvalue weighted by Gasteiger charge is 2.16. The molecule has 0 unspecified atom stereocenters. The lowest BCUT2D eigenvalue weighted by molar-refractivity contribution is 0.337. The fourth-order valence-electron chi connectivity index (χ4n) is 3.92. The van der Waals surface area contributed by atoms with Gasteiger partial charge in [-0.15, -0.1) is 0 Å². The minimum atomic E-state index is -0.573. The first-order chi connectivity index (χ1) is 17.1. The Bertz CT molecular complexity index is 1640. The van der Waals surface area contributed by atoms with Crippen LogP contribution in [0.4, 0.5) is 0 Å². The molecular weight excluding hydrogens is 444 g/mol. The van der Waals surface area contributed by atoms with E-state index in [9.17, 15) is 9.59 Å². The van der Waals surface area contributed by atoms with E-state index in [1.165, 1.54) is 6.07 Å². The van der Waals surface area contributed by atoms with Gasteiger partial charge in [0.25, 0.3) is 0 Å². The predicted molar refractivity (Wildman–Crippen MR) is 136 cm³/mol. The molecule has 6 nitrogen and oxygen atoms in total. The van der Waals surface area contributed by atoms with Gasteiger partial charge in [-0.3, -0.25) is 0 Å². The molecule has 0 N–H and O–H groups in total. The lowest BCUT2D eigenvalue weighted by Gasteiger charge is -2.09. The fraction of sp³-hybridized carbons (Fsp3) is 0.103. The maximum atomic E-state index is 12.9. The Balaban J connectivity index is 1.49. The van der Waals surface area contributed by atoms with Crippen LogP contribution in [-0.4, -0.2) is 13.2 Å². The number of rotatable bonds is 7. The Hall–Kier alpha value is -4.58. The van der Waals surface area contributed by atoms with Crippen molar-refractivity contribution in [2.75, 3.05) is 13.2 Å². The van der Waals surface area contributed by atoms with Gasteiger partial charge in [0.2, 0.25) is 0 Å². The SMILES string of the molecule is CCOc1cccc2cc(-c3cc(=O)oc4cc(OC/C=C/c5ccccc5)ccc34)c(=O)oc12. The second kappa shape index (κ2) is 9.73. The highest BCUT2D eigenvalue weighted by atomic mass is 16.5. The normalized spacial score (nSPS) is 11.3. The Morgan fingerprint density at radius 3 is 2.51 bits per heavy atom. The Labute approximate surface area is 200 Å². The van der Waals surface area contributed by atoms with Crippen LogP contribution in [0.15, 0.2) is 103 Å². The molecule has 2 aromatic heterocycles. The average Bonchev–Trinajstić information content (AvgIpc) is 2.87. The van der Waals surface area contributed by atoms with Crippen molar-refractivity contribution in [2.24, 2.45) is 0 Å². The molecule has 0 fully saturated rings. The number of hydrogen-bond donors (Lipinski definition) is 0. The number of fused-ring (bicyclic) bond motifs is 2. The van der Waals surface area contributed by atoms with Gasteiger partial charge in [0, 0.05) is 28.5 Å². The second-order valence-corrected chi connectivity index (χ2v) is 7.82. The Kier molecular flexibility index (Phi) is 6.18. The first-order valence-corrected chi connectivity index (χ1v) is 11.2. The molecule has 35 heavy (non-hydrogen) atoms. The quantitative estimate of drug-likeness (QED) is 0.271. The molecule has 5 aromatic rings. The van der Waals surface area contributed by atoms with Crippen LogP contribution in [0.1, 0.15) is 12.5 Å². The summed E-state index contributed by atoms with van der Waals surface area (Å²) < 4.78 is 22.4. The summed E-state index contributed by atoms with van der Waals surface area (Å²) in [5.41, 5.74) is 1.33. The van der Waals surface area contributed by atoms with E-state index in [1.54, 1.807) is 30.3 Å². The van der Waals surface area contributed by atoms with E-state index in [1.807, 2.05) is 61.5 Å². The highest BCUT2D eigenvalue weighted by Crippen LogP contribution is 2.31. The monoisotopic (exact) mass is 466 g/mol. The summed E-state index contributed by atoms with van der Waals surface area (Å²) in [6.45, 7) is 2.65. The topological polar surface area (TPSA) is 78.9 Å². The third-order valence-corrected chi connectivity index (χ3v) is 5.49. The van der Waals surface area contributed by atoms with E-state index < -0.39 is 11.3 Å². The molecule has 6 heteroatoms. The molecule has 0 amide bonds. The van der Waals surface area contributed by atoms with E-state index in [4.69, 9.17) is 18.3 Å². The lowest BCUT2D eigenvalue weighted by atomic mass is 10.0. The summed E-state index contributed by atoms with van der Waals surface area (Å²) in [4.78, 5) is 25.3. The average molecular weight is 466 g/mol. The Morgan fingerprint density at radius 2 is 1.69 bits per heavy atom. The van der Waals surface area contributed by atoms with E-state index >= 15 is 0 Å². The molecular formula is C29H22O6. The molecule has 174 valence electrons. The van der Waals surface area contributed by atoms with Crippen LogP contribution in [0, 0.1) is 0 Å². The van der Waals surface area contributed by atoms with Crippen LogP contribution in [-0.2, 0) is 0 Å². The summed E-state index contributed by atoms with van der Waals surface area (Å²) in [7, 11) is 0. The van der Waals surface area contributed by atoms with Crippen molar-refractivity contribution in [3.63, 3.8) is 0 Å². The third kappa shape index (κ3) is 4.73. The number of para-hydroxylation sites is 1. The van der Waals surface area contributed by atoms with Gasteiger partial charge in [-0.25, -0.2) is 9.59 Å². The van der Waals surface area contributed by atoms with Crippen LogP contribution in [0.5, 0.6) is 11.5 Å². The van der Waals surface area contributed by atoms with Gasteiger partial charge in [0.1, 0.15) is 17.9 Å². The zero-order valence-electron chi connectivity index (χ0n) is 19.0. The van der Waals surface area contributed by atoms with Gasteiger partial charge in [0.05, 0.1) is 12.2 Å². The van der Waals surface area contributed by atoms with Crippen molar-refractivity contribution in [1.82, 2.24) is 0 Å². The molecule has 0 spiro atoms. The molecule has 2 heterocycles. The summed E-state index contributed by atoms with van der Waals surface area (Å²) >= 11 is 0. The maximum absolute atomic E-state index is 12.9. The summed E-state index contributed by atoms with van der Waals surface area (Å²) in [5.74, 6) is 1.04. The molecule has 0 bridgehead atoms. The minimum absolute atomic E-state index is 0.267. The van der Waals surface area contributed by atoms with Crippen molar-refractivity contribution >= 4 is 28.0 Å². The van der Waals surface area contributed by atoms with Gasteiger partial charge in [-0.1, -0.05) is 48.5 Å². The molecule has 0 atom stereocenters. The van der Waals surface area contributed by atoms with E-state index in [0.717, 1.165) is 5.56 Å². The van der Waals surface area contributed by atoms with Crippen LogP contribution < -0.4 is 20.7 Å².